The first-order chi connectivity index (χ1) is 12.2. The molecule has 2 aromatic heterocycles. The molecule has 0 radical (unpaired) electrons. The largest absolute Gasteiger partial charge is 0.451 e. The number of benzene rings is 1. The average Bonchev–Trinajstić information content (AvgIpc) is 3.18. The van der Waals surface area contributed by atoms with Crippen LogP contribution in [0.15, 0.2) is 41.3 Å². The zero-order chi connectivity index (χ0) is 17.0. The van der Waals surface area contributed by atoms with Crippen molar-refractivity contribution in [1.82, 2.24) is 15.2 Å². The van der Waals surface area contributed by atoms with Crippen LogP contribution in [0.4, 0.5) is 8.78 Å². The average molecular weight is 339 g/mol. The number of hydrogen-bond acceptors (Lipinski definition) is 4. The number of rotatable bonds is 2. The molecule has 0 spiro atoms. The van der Waals surface area contributed by atoms with Gasteiger partial charge in [0.25, 0.3) is 0 Å². The van der Waals surface area contributed by atoms with Gasteiger partial charge in [0.05, 0.1) is 28.1 Å². The van der Waals surface area contributed by atoms with Crippen LogP contribution in [0.2, 0.25) is 0 Å². The van der Waals surface area contributed by atoms with Crippen LogP contribution in [0.25, 0.3) is 11.3 Å². The Hall–Kier alpha value is -2.63. The molecule has 3 aromatic rings. The van der Waals surface area contributed by atoms with E-state index < -0.39 is 11.6 Å². The number of halogens is 2. The molecule has 1 fully saturated rings. The highest BCUT2D eigenvalue weighted by Crippen LogP contribution is 2.55. The normalized spacial score (nSPS) is 24.3. The maximum atomic E-state index is 14.1. The van der Waals surface area contributed by atoms with E-state index in [2.05, 4.69) is 15.2 Å². The number of hydrogen-bond donors (Lipinski definition) is 0. The molecule has 6 heteroatoms. The molecule has 1 aromatic carbocycles. The number of nitrogens with zero attached hydrogens (tertiary/aromatic N) is 3. The Balaban J connectivity index is 1.70. The first kappa shape index (κ1) is 14.7. The summed E-state index contributed by atoms with van der Waals surface area (Å²) < 4.78 is 33.4. The maximum Gasteiger partial charge on any atom is 0.180 e. The topological polar surface area (TPSA) is 51.8 Å². The Labute approximate surface area is 142 Å². The molecule has 126 valence electrons. The molecule has 0 unspecified atom stereocenters. The van der Waals surface area contributed by atoms with Crippen LogP contribution in [-0.4, -0.2) is 15.2 Å². The van der Waals surface area contributed by atoms with Gasteiger partial charge in [-0.05, 0) is 55.4 Å². The molecule has 2 bridgehead atoms. The predicted molar refractivity (Wildman–Crippen MR) is 85.9 cm³/mol. The Morgan fingerprint density at radius 2 is 1.84 bits per heavy atom. The maximum absolute atomic E-state index is 14.1. The Morgan fingerprint density at radius 3 is 2.52 bits per heavy atom. The van der Waals surface area contributed by atoms with Gasteiger partial charge in [0.1, 0.15) is 17.9 Å². The smallest absolute Gasteiger partial charge is 0.180 e. The summed E-state index contributed by atoms with van der Waals surface area (Å²) in [5, 5.41) is 8.59. The van der Waals surface area contributed by atoms with Crippen LogP contribution in [0.1, 0.15) is 48.6 Å². The van der Waals surface area contributed by atoms with E-state index in [1.807, 2.05) is 6.07 Å². The first-order valence-electron chi connectivity index (χ1n) is 8.40. The summed E-state index contributed by atoms with van der Waals surface area (Å²) in [6.07, 6.45) is 7.00. The van der Waals surface area contributed by atoms with Crippen molar-refractivity contribution in [2.24, 2.45) is 0 Å². The van der Waals surface area contributed by atoms with E-state index in [4.69, 9.17) is 4.42 Å². The zero-order valence-electron chi connectivity index (χ0n) is 13.4. The Bertz CT molecular complexity index is 927. The van der Waals surface area contributed by atoms with Crippen LogP contribution in [0, 0.1) is 11.6 Å². The van der Waals surface area contributed by atoms with Gasteiger partial charge >= 0.3 is 0 Å². The van der Waals surface area contributed by atoms with Crippen molar-refractivity contribution in [1.29, 1.82) is 0 Å². The Kier molecular flexibility index (Phi) is 3.04. The molecule has 0 N–H and O–H groups in total. The molecule has 3 aliphatic carbocycles. The second-order valence-electron chi connectivity index (χ2n) is 6.86. The fraction of sp³-hybridized carbons (Fsp3) is 0.316. The summed E-state index contributed by atoms with van der Waals surface area (Å²) in [7, 11) is 0. The second-order valence-corrected chi connectivity index (χ2v) is 6.86. The summed E-state index contributed by atoms with van der Waals surface area (Å²) in [6.45, 7) is 0. The number of fused-ring (bicyclic) bond motifs is 2. The minimum atomic E-state index is -0.624. The highest BCUT2D eigenvalue weighted by molar-refractivity contribution is 5.62. The van der Waals surface area contributed by atoms with Gasteiger partial charge in [-0.25, -0.2) is 13.8 Å². The SMILES string of the molecule is Fc1cccc(F)c1-c1cc2c(nn1)C1(c3cocn3)CCC2CC1. The van der Waals surface area contributed by atoms with Crippen LogP contribution in [-0.2, 0) is 5.41 Å². The third-order valence-electron chi connectivity index (χ3n) is 5.70. The standard InChI is InChI=1S/C19H15F2N3O/c20-13-2-1-3-14(21)17(13)15-8-12-11-4-6-19(7-5-11,18(12)24-23-15)16-9-25-10-22-16/h1-3,8-11H,4-7H2. The van der Waals surface area contributed by atoms with E-state index in [-0.39, 0.29) is 16.7 Å². The van der Waals surface area contributed by atoms with Gasteiger partial charge in [-0.2, -0.15) is 5.10 Å². The third-order valence-corrected chi connectivity index (χ3v) is 5.70. The predicted octanol–water partition coefficient (Wildman–Crippen LogP) is 4.37. The molecule has 2 heterocycles. The van der Waals surface area contributed by atoms with Gasteiger partial charge < -0.3 is 4.42 Å². The van der Waals surface area contributed by atoms with Crippen LogP contribution in [0.5, 0.6) is 0 Å². The van der Waals surface area contributed by atoms with Crippen molar-refractivity contribution in [3.63, 3.8) is 0 Å². The quantitative estimate of drug-likeness (QED) is 0.696. The van der Waals surface area contributed by atoms with Gasteiger partial charge in [-0.1, -0.05) is 6.07 Å². The highest BCUT2D eigenvalue weighted by atomic mass is 19.1. The monoisotopic (exact) mass is 339 g/mol. The molecule has 3 aliphatic rings. The highest BCUT2D eigenvalue weighted by Gasteiger charge is 2.49. The first-order valence-corrected chi connectivity index (χ1v) is 8.40. The van der Waals surface area contributed by atoms with Crippen LogP contribution < -0.4 is 0 Å². The van der Waals surface area contributed by atoms with Gasteiger partial charge in [0, 0.05) is 0 Å². The summed E-state index contributed by atoms with van der Waals surface area (Å²) in [6, 6.07) is 5.63. The molecule has 25 heavy (non-hydrogen) atoms. The summed E-state index contributed by atoms with van der Waals surface area (Å²) in [5.41, 5.74) is 2.62. The Morgan fingerprint density at radius 1 is 1.08 bits per heavy atom. The lowest BCUT2D eigenvalue weighted by atomic mass is 9.58. The van der Waals surface area contributed by atoms with E-state index >= 15 is 0 Å². The van der Waals surface area contributed by atoms with E-state index in [1.54, 1.807) is 6.26 Å². The minimum absolute atomic E-state index is 0.116. The van der Waals surface area contributed by atoms with E-state index in [0.29, 0.717) is 5.92 Å². The van der Waals surface area contributed by atoms with E-state index in [1.165, 1.54) is 24.6 Å². The van der Waals surface area contributed by atoms with Gasteiger partial charge in [0.15, 0.2) is 6.39 Å². The fourth-order valence-corrected chi connectivity index (χ4v) is 4.44. The van der Waals surface area contributed by atoms with Crippen molar-refractivity contribution < 1.29 is 13.2 Å². The molecule has 0 saturated heterocycles. The lowest BCUT2D eigenvalue weighted by Crippen LogP contribution is -2.40. The summed E-state index contributed by atoms with van der Waals surface area (Å²) in [5.74, 6) is -0.893. The molecule has 0 atom stereocenters. The van der Waals surface area contributed by atoms with Crippen molar-refractivity contribution in [3.05, 3.63) is 65.5 Å². The van der Waals surface area contributed by atoms with Crippen molar-refractivity contribution in [2.45, 2.75) is 37.0 Å². The fourth-order valence-electron chi connectivity index (χ4n) is 4.44. The van der Waals surface area contributed by atoms with E-state index in [9.17, 15) is 8.78 Å². The van der Waals surface area contributed by atoms with Gasteiger partial charge in [-0.3, -0.25) is 0 Å². The molecule has 4 nitrogen and oxygen atoms in total. The van der Waals surface area contributed by atoms with Crippen molar-refractivity contribution in [2.75, 3.05) is 0 Å². The third kappa shape index (κ3) is 2.00. The lowest BCUT2D eigenvalue weighted by molar-refractivity contribution is 0.263. The molecule has 6 rings (SSSR count). The number of aromatic nitrogens is 3. The molecule has 1 saturated carbocycles. The van der Waals surface area contributed by atoms with Crippen LogP contribution >= 0.6 is 0 Å². The molecular weight excluding hydrogens is 324 g/mol. The van der Waals surface area contributed by atoms with E-state index in [0.717, 1.165) is 42.6 Å². The van der Waals surface area contributed by atoms with Crippen molar-refractivity contribution in [3.8, 4) is 11.3 Å². The minimum Gasteiger partial charge on any atom is -0.451 e. The molecular formula is C19H15F2N3O. The summed E-state index contributed by atoms with van der Waals surface area (Å²) in [4.78, 5) is 4.36. The number of oxazole rings is 1. The lowest BCUT2D eigenvalue weighted by Gasteiger charge is -2.45. The molecule has 0 amide bonds. The van der Waals surface area contributed by atoms with Gasteiger partial charge in [0.2, 0.25) is 0 Å². The van der Waals surface area contributed by atoms with Gasteiger partial charge in [-0.15, -0.1) is 5.10 Å². The zero-order valence-corrected chi connectivity index (χ0v) is 13.4. The van der Waals surface area contributed by atoms with Crippen molar-refractivity contribution >= 4 is 0 Å². The van der Waals surface area contributed by atoms with Crippen LogP contribution in [0.3, 0.4) is 0 Å². The molecule has 0 aliphatic heterocycles. The second kappa shape index (κ2) is 5.18. The summed E-state index contributed by atoms with van der Waals surface area (Å²) >= 11 is 0.